The lowest BCUT2D eigenvalue weighted by molar-refractivity contribution is -0.140. The molecule has 1 heterocycles. The Morgan fingerprint density at radius 1 is 1.48 bits per heavy atom. The number of rotatable bonds is 7. The molecule has 7 nitrogen and oxygen atoms in total. The summed E-state index contributed by atoms with van der Waals surface area (Å²) in [6.07, 6.45) is 1.80. The van der Waals surface area contributed by atoms with Gasteiger partial charge < -0.3 is 15.4 Å². The van der Waals surface area contributed by atoms with Crippen LogP contribution in [-0.2, 0) is 16.1 Å². The number of carbonyl (C=O) groups excluding carboxylic acids is 2. The highest BCUT2D eigenvalue weighted by Crippen LogP contribution is 2.14. The third-order valence-electron chi connectivity index (χ3n) is 3.00. The number of aryl methyl sites for hydroxylation is 1. The summed E-state index contributed by atoms with van der Waals surface area (Å²) in [5, 5.41) is 4.19. The van der Waals surface area contributed by atoms with Crippen LogP contribution in [0, 0.1) is 5.92 Å². The van der Waals surface area contributed by atoms with E-state index in [1.54, 1.807) is 15.8 Å². The molecular formula is C14H24N4O3. The molecule has 7 heteroatoms. The summed E-state index contributed by atoms with van der Waals surface area (Å²) >= 11 is 0. The number of aromatic nitrogens is 2. The van der Waals surface area contributed by atoms with E-state index in [2.05, 4.69) is 9.84 Å². The summed E-state index contributed by atoms with van der Waals surface area (Å²) in [6, 6.07) is 0. The van der Waals surface area contributed by atoms with Gasteiger partial charge in [-0.2, -0.15) is 5.10 Å². The van der Waals surface area contributed by atoms with Crippen molar-refractivity contribution in [3.05, 3.63) is 11.9 Å². The number of nitrogens with two attached hydrogens (primary N) is 1. The van der Waals surface area contributed by atoms with E-state index in [1.165, 1.54) is 7.11 Å². The van der Waals surface area contributed by atoms with Gasteiger partial charge in [-0.1, -0.05) is 13.8 Å². The van der Waals surface area contributed by atoms with Crippen LogP contribution in [-0.4, -0.2) is 46.8 Å². The molecule has 1 rings (SSSR count). The number of hydrogen-bond donors (Lipinski definition) is 1. The lowest BCUT2D eigenvalue weighted by Gasteiger charge is -2.23. The largest absolute Gasteiger partial charge is 0.469 e. The molecule has 2 N–H and O–H groups in total. The van der Waals surface area contributed by atoms with E-state index in [0.717, 1.165) is 0 Å². The van der Waals surface area contributed by atoms with Crippen LogP contribution in [0.5, 0.6) is 0 Å². The quantitative estimate of drug-likeness (QED) is 0.762. The van der Waals surface area contributed by atoms with E-state index in [0.29, 0.717) is 25.3 Å². The zero-order valence-corrected chi connectivity index (χ0v) is 13.1. The first-order valence-electron chi connectivity index (χ1n) is 7.08. The van der Waals surface area contributed by atoms with Gasteiger partial charge in [0, 0.05) is 25.8 Å². The van der Waals surface area contributed by atoms with Crippen molar-refractivity contribution >= 4 is 17.6 Å². The third kappa shape index (κ3) is 4.77. The van der Waals surface area contributed by atoms with Crippen molar-refractivity contribution in [2.45, 2.75) is 33.7 Å². The summed E-state index contributed by atoms with van der Waals surface area (Å²) in [5.74, 6) is -0.318. The molecule has 0 radical (unpaired) electrons. The van der Waals surface area contributed by atoms with Crippen LogP contribution < -0.4 is 5.73 Å². The fraction of sp³-hybridized carbons (Fsp3) is 0.643. The standard InChI is InChI=1S/C14H24N4O3/c1-5-18-9-11(15)13(16-18)14(20)17(8-10(2)3)7-6-12(19)21-4/h9-10H,5-8,15H2,1-4H3. The molecule has 118 valence electrons. The molecule has 1 aromatic rings. The minimum Gasteiger partial charge on any atom is -0.469 e. The first-order valence-corrected chi connectivity index (χ1v) is 7.08. The maximum atomic E-state index is 12.5. The zero-order valence-electron chi connectivity index (χ0n) is 13.1. The molecule has 0 bridgehead atoms. The van der Waals surface area contributed by atoms with Crippen LogP contribution in [0.3, 0.4) is 0 Å². The van der Waals surface area contributed by atoms with Crippen molar-refractivity contribution < 1.29 is 14.3 Å². The van der Waals surface area contributed by atoms with Gasteiger partial charge in [0.1, 0.15) is 0 Å². The Bertz CT molecular complexity index is 496. The average molecular weight is 296 g/mol. The minimum absolute atomic E-state index is 0.156. The second-order valence-corrected chi connectivity index (χ2v) is 5.26. The first kappa shape index (κ1) is 17.0. The lowest BCUT2D eigenvalue weighted by Crippen LogP contribution is -2.36. The molecule has 0 aliphatic heterocycles. The van der Waals surface area contributed by atoms with E-state index < -0.39 is 0 Å². The molecule has 1 aromatic heterocycles. The maximum absolute atomic E-state index is 12.5. The average Bonchev–Trinajstić information content (AvgIpc) is 2.83. The van der Waals surface area contributed by atoms with Gasteiger partial charge in [0.05, 0.1) is 19.2 Å². The van der Waals surface area contributed by atoms with Gasteiger partial charge in [-0.3, -0.25) is 14.3 Å². The highest BCUT2D eigenvalue weighted by molar-refractivity contribution is 5.97. The van der Waals surface area contributed by atoms with Crippen molar-refractivity contribution in [3.8, 4) is 0 Å². The molecule has 0 aliphatic rings. The van der Waals surface area contributed by atoms with Gasteiger partial charge in [-0.15, -0.1) is 0 Å². The number of anilines is 1. The molecule has 21 heavy (non-hydrogen) atoms. The zero-order chi connectivity index (χ0) is 16.0. The predicted octanol–water partition coefficient (Wildman–Crippen LogP) is 1.15. The highest BCUT2D eigenvalue weighted by Gasteiger charge is 2.23. The number of methoxy groups -OCH3 is 1. The fourth-order valence-corrected chi connectivity index (χ4v) is 1.96. The summed E-state index contributed by atoms with van der Waals surface area (Å²) in [6.45, 7) is 7.41. The van der Waals surface area contributed by atoms with Gasteiger partial charge in [0.2, 0.25) is 0 Å². The molecular weight excluding hydrogens is 272 g/mol. The van der Waals surface area contributed by atoms with Crippen molar-refractivity contribution in [2.24, 2.45) is 5.92 Å². The lowest BCUT2D eigenvalue weighted by atomic mass is 10.2. The van der Waals surface area contributed by atoms with E-state index >= 15 is 0 Å². The van der Waals surface area contributed by atoms with Crippen LogP contribution in [0.4, 0.5) is 5.69 Å². The van der Waals surface area contributed by atoms with Gasteiger partial charge in [-0.25, -0.2) is 0 Å². The van der Waals surface area contributed by atoms with E-state index in [-0.39, 0.29) is 29.9 Å². The second-order valence-electron chi connectivity index (χ2n) is 5.26. The van der Waals surface area contributed by atoms with Crippen LogP contribution in [0.1, 0.15) is 37.7 Å². The Balaban J connectivity index is 2.87. The number of esters is 1. The van der Waals surface area contributed by atoms with Crippen molar-refractivity contribution in [3.63, 3.8) is 0 Å². The van der Waals surface area contributed by atoms with Crippen LogP contribution in [0.25, 0.3) is 0 Å². The Hall–Kier alpha value is -2.05. The Morgan fingerprint density at radius 3 is 2.62 bits per heavy atom. The molecule has 0 unspecified atom stereocenters. The maximum Gasteiger partial charge on any atom is 0.307 e. The normalized spacial score (nSPS) is 10.7. The highest BCUT2D eigenvalue weighted by atomic mass is 16.5. The number of ether oxygens (including phenoxy) is 1. The number of nitrogen functional groups attached to an aromatic ring is 1. The van der Waals surface area contributed by atoms with E-state index in [4.69, 9.17) is 5.73 Å². The molecule has 0 aromatic carbocycles. The number of hydrogen-bond acceptors (Lipinski definition) is 5. The van der Waals surface area contributed by atoms with E-state index in [9.17, 15) is 9.59 Å². The number of nitrogens with zero attached hydrogens (tertiary/aromatic N) is 3. The van der Waals surface area contributed by atoms with Crippen molar-refractivity contribution in [1.82, 2.24) is 14.7 Å². The molecule has 0 aliphatic carbocycles. The van der Waals surface area contributed by atoms with Gasteiger partial charge >= 0.3 is 5.97 Å². The monoisotopic (exact) mass is 296 g/mol. The SMILES string of the molecule is CCn1cc(N)c(C(=O)N(CCC(=O)OC)CC(C)C)n1. The summed E-state index contributed by atoms with van der Waals surface area (Å²) in [7, 11) is 1.33. The Morgan fingerprint density at radius 2 is 2.14 bits per heavy atom. The second kappa shape index (κ2) is 7.66. The predicted molar refractivity (Wildman–Crippen MR) is 79.7 cm³/mol. The molecule has 1 amide bonds. The molecule has 0 atom stereocenters. The molecule has 0 saturated carbocycles. The van der Waals surface area contributed by atoms with Gasteiger partial charge in [0.15, 0.2) is 5.69 Å². The van der Waals surface area contributed by atoms with Crippen molar-refractivity contribution in [1.29, 1.82) is 0 Å². The Kier molecular flexibility index (Phi) is 6.20. The van der Waals surface area contributed by atoms with Gasteiger partial charge in [-0.05, 0) is 12.8 Å². The number of carbonyl (C=O) groups is 2. The smallest absolute Gasteiger partial charge is 0.307 e. The Labute approximate surface area is 125 Å². The summed E-state index contributed by atoms with van der Waals surface area (Å²) < 4.78 is 6.24. The van der Waals surface area contributed by atoms with Crippen LogP contribution in [0.2, 0.25) is 0 Å². The third-order valence-corrected chi connectivity index (χ3v) is 3.00. The first-order chi connectivity index (χ1) is 9.88. The van der Waals surface area contributed by atoms with Crippen LogP contribution >= 0.6 is 0 Å². The van der Waals surface area contributed by atoms with Crippen molar-refractivity contribution in [2.75, 3.05) is 25.9 Å². The summed E-state index contributed by atoms with van der Waals surface area (Å²) in [5.41, 5.74) is 6.44. The molecule has 0 spiro atoms. The topological polar surface area (TPSA) is 90.5 Å². The molecule has 0 fully saturated rings. The summed E-state index contributed by atoms with van der Waals surface area (Å²) in [4.78, 5) is 25.4. The fourth-order valence-electron chi connectivity index (χ4n) is 1.96. The van der Waals surface area contributed by atoms with Gasteiger partial charge in [0.25, 0.3) is 5.91 Å². The number of amides is 1. The minimum atomic E-state index is -0.344. The van der Waals surface area contributed by atoms with E-state index in [1.807, 2.05) is 20.8 Å². The molecule has 0 saturated heterocycles. The van der Waals surface area contributed by atoms with Crippen LogP contribution in [0.15, 0.2) is 6.20 Å².